The minimum Gasteiger partial charge on any atom is -0.394 e. The first-order valence-corrected chi connectivity index (χ1v) is 2.87. The van der Waals surface area contributed by atoms with Crippen LogP contribution in [0.5, 0.6) is 0 Å². The Balaban J connectivity index is 3.31. The molecule has 4 nitrogen and oxygen atoms in total. The molecule has 0 unspecified atom stereocenters. The van der Waals surface area contributed by atoms with Crippen LogP contribution in [0.1, 0.15) is 6.92 Å². The molecule has 0 aromatic rings. The van der Waals surface area contributed by atoms with Crippen LogP contribution in [-0.2, 0) is 9.63 Å². The SMILES string of the molecule is C=C(C)C(=O)NOCCO. The first-order valence-electron chi connectivity index (χ1n) is 2.87. The summed E-state index contributed by atoms with van der Waals surface area (Å²) in [6.07, 6.45) is 0. The second kappa shape index (κ2) is 4.96. The van der Waals surface area contributed by atoms with Gasteiger partial charge in [0.25, 0.3) is 5.91 Å². The molecule has 0 aromatic carbocycles. The van der Waals surface area contributed by atoms with Gasteiger partial charge in [0.2, 0.25) is 0 Å². The lowest BCUT2D eigenvalue weighted by molar-refractivity contribution is -0.130. The van der Waals surface area contributed by atoms with E-state index >= 15 is 0 Å². The van der Waals surface area contributed by atoms with Gasteiger partial charge < -0.3 is 5.11 Å². The molecule has 0 bridgehead atoms. The van der Waals surface area contributed by atoms with Crippen molar-refractivity contribution in [3.63, 3.8) is 0 Å². The molecule has 0 heterocycles. The van der Waals surface area contributed by atoms with E-state index in [1.165, 1.54) is 0 Å². The van der Waals surface area contributed by atoms with Crippen molar-refractivity contribution < 1.29 is 14.7 Å². The highest BCUT2D eigenvalue weighted by atomic mass is 16.7. The average molecular weight is 145 g/mol. The quantitative estimate of drug-likeness (QED) is 0.321. The monoisotopic (exact) mass is 145 g/mol. The summed E-state index contributed by atoms with van der Waals surface area (Å²) >= 11 is 0. The summed E-state index contributed by atoms with van der Waals surface area (Å²) in [5.74, 6) is -0.367. The molecule has 0 fully saturated rings. The van der Waals surface area contributed by atoms with Gasteiger partial charge in [0.15, 0.2) is 0 Å². The number of hydrogen-bond acceptors (Lipinski definition) is 3. The third-order valence-electron chi connectivity index (χ3n) is 0.746. The van der Waals surface area contributed by atoms with Crippen molar-refractivity contribution in [2.75, 3.05) is 13.2 Å². The summed E-state index contributed by atoms with van der Waals surface area (Å²) in [7, 11) is 0. The van der Waals surface area contributed by atoms with E-state index in [1.54, 1.807) is 6.92 Å². The first-order chi connectivity index (χ1) is 4.68. The molecule has 0 spiro atoms. The molecule has 0 aromatic heterocycles. The summed E-state index contributed by atoms with van der Waals surface area (Å²) in [4.78, 5) is 15.1. The van der Waals surface area contributed by atoms with Crippen molar-refractivity contribution in [1.29, 1.82) is 0 Å². The van der Waals surface area contributed by atoms with Crippen LogP contribution >= 0.6 is 0 Å². The van der Waals surface area contributed by atoms with Crippen LogP contribution in [0.3, 0.4) is 0 Å². The Bertz CT molecular complexity index is 133. The molecule has 0 rings (SSSR count). The summed E-state index contributed by atoms with van der Waals surface area (Å²) in [6, 6.07) is 0. The third kappa shape index (κ3) is 4.05. The number of amides is 1. The fourth-order valence-corrected chi connectivity index (χ4v) is 0.249. The van der Waals surface area contributed by atoms with Crippen molar-refractivity contribution in [2.45, 2.75) is 6.92 Å². The van der Waals surface area contributed by atoms with Gasteiger partial charge in [-0.15, -0.1) is 0 Å². The Labute approximate surface area is 59.4 Å². The zero-order valence-corrected chi connectivity index (χ0v) is 5.89. The molecule has 0 aliphatic carbocycles. The van der Waals surface area contributed by atoms with Gasteiger partial charge in [-0.1, -0.05) is 6.58 Å². The number of carbonyl (C=O) groups is 1. The lowest BCUT2D eigenvalue weighted by Gasteiger charge is -2.01. The van der Waals surface area contributed by atoms with E-state index in [4.69, 9.17) is 5.11 Å². The maximum Gasteiger partial charge on any atom is 0.269 e. The number of nitrogens with one attached hydrogen (secondary N) is 1. The Morgan fingerprint density at radius 1 is 1.80 bits per heavy atom. The van der Waals surface area contributed by atoms with Crippen molar-refractivity contribution in [1.82, 2.24) is 5.48 Å². The molecular weight excluding hydrogens is 134 g/mol. The first kappa shape index (κ1) is 9.13. The van der Waals surface area contributed by atoms with Crippen LogP contribution in [0, 0.1) is 0 Å². The summed E-state index contributed by atoms with van der Waals surface area (Å²) in [5.41, 5.74) is 2.46. The molecule has 0 radical (unpaired) electrons. The van der Waals surface area contributed by atoms with Gasteiger partial charge >= 0.3 is 0 Å². The van der Waals surface area contributed by atoms with Crippen LogP contribution in [0.15, 0.2) is 12.2 Å². The predicted octanol–water partition coefficient (Wildman–Crippen LogP) is -0.397. The number of rotatable bonds is 4. The van der Waals surface area contributed by atoms with Crippen LogP contribution in [0.2, 0.25) is 0 Å². The standard InChI is InChI=1S/C6H11NO3/c1-5(2)6(9)7-10-4-3-8/h8H,1,3-4H2,2H3,(H,7,9). The van der Waals surface area contributed by atoms with Crippen LogP contribution in [0.25, 0.3) is 0 Å². The minimum absolute atomic E-state index is 0.0962. The number of hydrogen-bond donors (Lipinski definition) is 2. The largest absolute Gasteiger partial charge is 0.394 e. The van der Waals surface area contributed by atoms with Crippen LogP contribution in [-0.4, -0.2) is 24.2 Å². The average Bonchev–Trinajstić information content (AvgIpc) is 1.88. The van der Waals surface area contributed by atoms with Gasteiger partial charge in [0.1, 0.15) is 0 Å². The Morgan fingerprint density at radius 3 is 2.80 bits per heavy atom. The van der Waals surface area contributed by atoms with Crippen molar-refractivity contribution in [3.05, 3.63) is 12.2 Å². The molecule has 0 aliphatic heterocycles. The van der Waals surface area contributed by atoms with E-state index in [0.29, 0.717) is 5.57 Å². The van der Waals surface area contributed by atoms with Gasteiger partial charge in [0.05, 0.1) is 13.2 Å². The zero-order chi connectivity index (χ0) is 7.98. The summed E-state index contributed by atoms with van der Waals surface area (Å²) < 4.78 is 0. The molecule has 4 heteroatoms. The summed E-state index contributed by atoms with van der Waals surface area (Å²) in [5, 5.41) is 8.22. The van der Waals surface area contributed by atoms with E-state index in [-0.39, 0.29) is 19.1 Å². The Morgan fingerprint density at radius 2 is 2.40 bits per heavy atom. The maximum atomic E-state index is 10.6. The molecule has 58 valence electrons. The predicted molar refractivity (Wildman–Crippen MR) is 36.0 cm³/mol. The highest BCUT2D eigenvalue weighted by Crippen LogP contribution is 1.84. The van der Waals surface area contributed by atoms with Crippen LogP contribution < -0.4 is 5.48 Å². The molecular formula is C6H11NO3. The zero-order valence-electron chi connectivity index (χ0n) is 5.89. The Hall–Kier alpha value is -0.870. The number of carbonyl (C=O) groups excluding carboxylic acids is 1. The van der Waals surface area contributed by atoms with Gasteiger partial charge in [-0.25, -0.2) is 5.48 Å². The third-order valence-corrected chi connectivity index (χ3v) is 0.746. The number of hydroxylamine groups is 1. The maximum absolute atomic E-state index is 10.6. The van der Waals surface area contributed by atoms with Gasteiger partial charge in [0, 0.05) is 5.57 Å². The molecule has 0 atom stereocenters. The van der Waals surface area contributed by atoms with Gasteiger partial charge in [-0.05, 0) is 6.92 Å². The molecule has 10 heavy (non-hydrogen) atoms. The topological polar surface area (TPSA) is 58.6 Å². The molecule has 0 saturated heterocycles. The van der Waals surface area contributed by atoms with E-state index in [0.717, 1.165) is 0 Å². The van der Waals surface area contributed by atoms with E-state index in [2.05, 4.69) is 16.9 Å². The van der Waals surface area contributed by atoms with Crippen molar-refractivity contribution >= 4 is 5.91 Å². The Kier molecular flexibility index (Phi) is 4.53. The van der Waals surface area contributed by atoms with Gasteiger partial charge in [-0.2, -0.15) is 0 Å². The summed E-state index contributed by atoms with van der Waals surface area (Å²) in [6.45, 7) is 4.93. The van der Waals surface area contributed by atoms with E-state index in [9.17, 15) is 4.79 Å². The fraction of sp³-hybridized carbons (Fsp3) is 0.500. The second-order valence-corrected chi connectivity index (χ2v) is 1.78. The normalized spacial score (nSPS) is 9.00. The van der Waals surface area contributed by atoms with Crippen LogP contribution in [0.4, 0.5) is 0 Å². The highest BCUT2D eigenvalue weighted by molar-refractivity contribution is 5.91. The highest BCUT2D eigenvalue weighted by Gasteiger charge is 1.98. The van der Waals surface area contributed by atoms with Gasteiger partial charge in [-0.3, -0.25) is 9.63 Å². The molecule has 0 saturated carbocycles. The minimum atomic E-state index is -0.367. The van der Waals surface area contributed by atoms with E-state index in [1.807, 2.05) is 0 Å². The molecule has 2 N–H and O–H groups in total. The van der Waals surface area contributed by atoms with Crippen molar-refractivity contribution in [2.24, 2.45) is 0 Å². The lowest BCUT2D eigenvalue weighted by atomic mass is 10.3. The smallest absolute Gasteiger partial charge is 0.269 e. The lowest BCUT2D eigenvalue weighted by Crippen LogP contribution is -2.25. The number of aliphatic hydroxyl groups is 1. The van der Waals surface area contributed by atoms with Crippen molar-refractivity contribution in [3.8, 4) is 0 Å². The molecule has 1 amide bonds. The molecule has 0 aliphatic rings. The second-order valence-electron chi connectivity index (χ2n) is 1.78. The number of aliphatic hydroxyl groups excluding tert-OH is 1. The fourth-order valence-electron chi connectivity index (χ4n) is 0.249. The van der Waals surface area contributed by atoms with E-state index < -0.39 is 0 Å².